The molecule has 1 saturated heterocycles. The normalized spacial score (nSPS) is 17.3. The fourth-order valence-electron chi connectivity index (χ4n) is 4.69. The monoisotopic (exact) mass is 457 g/mol. The maximum Gasteiger partial charge on any atom is 0.226 e. The Morgan fingerprint density at radius 2 is 2.00 bits per heavy atom. The summed E-state index contributed by atoms with van der Waals surface area (Å²) < 4.78 is 21.3. The van der Waals surface area contributed by atoms with E-state index in [1.165, 1.54) is 12.1 Å². The van der Waals surface area contributed by atoms with Crippen LogP contribution in [0.25, 0.3) is 5.69 Å². The molecule has 1 aromatic carbocycles. The van der Waals surface area contributed by atoms with Gasteiger partial charge in [-0.1, -0.05) is 19.4 Å². The average molecular weight is 458 g/mol. The summed E-state index contributed by atoms with van der Waals surface area (Å²) in [6.07, 6.45) is 3.06. The van der Waals surface area contributed by atoms with Gasteiger partial charge in [0.2, 0.25) is 5.91 Å². The minimum Gasteiger partial charge on any atom is -0.383 e. The lowest BCUT2D eigenvalue weighted by Gasteiger charge is -2.37. The Bertz CT molecular complexity index is 950. The third kappa shape index (κ3) is 5.22. The van der Waals surface area contributed by atoms with Gasteiger partial charge in [0, 0.05) is 51.3 Å². The molecule has 4 rings (SSSR count). The van der Waals surface area contributed by atoms with E-state index in [-0.39, 0.29) is 17.6 Å². The van der Waals surface area contributed by atoms with E-state index in [1.807, 2.05) is 22.6 Å². The lowest BCUT2D eigenvalue weighted by atomic mass is 9.84. The highest BCUT2D eigenvalue weighted by Crippen LogP contribution is 2.32. The number of anilines is 1. The van der Waals surface area contributed by atoms with Gasteiger partial charge in [-0.3, -0.25) is 4.79 Å². The van der Waals surface area contributed by atoms with Gasteiger partial charge in [0.05, 0.1) is 24.5 Å². The van der Waals surface area contributed by atoms with Crippen LogP contribution < -0.4 is 4.90 Å². The Balaban J connectivity index is 1.70. The minimum atomic E-state index is -0.286. The molecule has 8 heteroatoms. The Labute approximate surface area is 196 Å². The SMILES string of the molecule is CCN1CCN(c2c(CN(CCOC)C(=O)C3CCC3)c(C)nn2-c2cccc(F)c2)CC1. The number of methoxy groups -OCH3 is 1. The van der Waals surface area contributed by atoms with Crippen molar-refractivity contribution in [1.29, 1.82) is 0 Å². The highest BCUT2D eigenvalue weighted by atomic mass is 19.1. The van der Waals surface area contributed by atoms with Crippen LogP contribution in [0.1, 0.15) is 37.4 Å². The summed E-state index contributed by atoms with van der Waals surface area (Å²) in [4.78, 5) is 19.9. The quantitative estimate of drug-likeness (QED) is 0.579. The lowest BCUT2D eigenvalue weighted by Crippen LogP contribution is -2.47. The van der Waals surface area contributed by atoms with Crippen LogP contribution in [0.4, 0.5) is 10.2 Å². The average Bonchev–Trinajstić information content (AvgIpc) is 3.11. The van der Waals surface area contributed by atoms with E-state index in [0.717, 1.165) is 69.1 Å². The fourth-order valence-corrected chi connectivity index (χ4v) is 4.69. The molecule has 1 amide bonds. The summed E-state index contributed by atoms with van der Waals surface area (Å²) in [5.74, 6) is 1.01. The summed E-state index contributed by atoms with van der Waals surface area (Å²) in [7, 11) is 1.66. The Hall–Kier alpha value is -2.45. The van der Waals surface area contributed by atoms with Crippen LogP contribution in [0.2, 0.25) is 0 Å². The number of benzene rings is 1. The molecule has 0 unspecified atom stereocenters. The molecule has 0 N–H and O–H groups in total. The molecule has 180 valence electrons. The molecule has 0 atom stereocenters. The molecule has 2 aromatic rings. The van der Waals surface area contributed by atoms with Gasteiger partial charge in [-0.25, -0.2) is 9.07 Å². The van der Waals surface area contributed by atoms with Crippen molar-refractivity contribution < 1.29 is 13.9 Å². The van der Waals surface area contributed by atoms with Crippen molar-refractivity contribution in [2.24, 2.45) is 5.92 Å². The Morgan fingerprint density at radius 1 is 1.24 bits per heavy atom. The molecule has 1 aliphatic carbocycles. The minimum absolute atomic E-state index is 0.122. The maximum absolute atomic E-state index is 14.1. The van der Waals surface area contributed by atoms with E-state index in [0.29, 0.717) is 25.4 Å². The summed E-state index contributed by atoms with van der Waals surface area (Å²) in [5.41, 5.74) is 2.61. The number of piperazine rings is 1. The molecule has 1 aliphatic heterocycles. The first-order valence-electron chi connectivity index (χ1n) is 12.1. The number of halogens is 1. The van der Waals surface area contributed by atoms with E-state index in [2.05, 4.69) is 16.7 Å². The smallest absolute Gasteiger partial charge is 0.226 e. The number of carbonyl (C=O) groups excluding carboxylic acids is 1. The van der Waals surface area contributed by atoms with Gasteiger partial charge in [-0.05, 0) is 44.5 Å². The number of hydrogen-bond acceptors (Lipinski definition) is 5. The Kier molecular flexibility index (Phi) is 7.65. The standard InChI is InChI=1S/C25H36FN5O2/c1-4-28-11-13-29(14-12-28)24-23(18-30(15-16-33-3)25(32)20-7-5-8-20)19(2)27-31(24)22-10-6-9-21(26)17-22/h6,9-10,17,20H,4-5,7-8,11-16,18H2,1-3H3. The lowest BCUT2D eigenvalue weighted by molar-refractivity contribution is -0.139. The number of aromatic nitrogens is 2. The molecule has 0 bridgehead atoms. The van der Waals surface area contributed by atoms with Crippen molar-refractivity contribution in [2.75, 3.05) is 57.9 Å². The zero-order valence-electron chi connectivity index (χ0n) is 20.1. The molecule has 1 aromatic heterocycles. The number of hydrogen-bond donors (Lipinski definition) is 0. The number of nitrogens with zero attached hydrogens (tertiary/aromatic N) is 5. The van der Waals surface area contributed by atoms with Crippen LogP contribution in [0, 0.1) is 18.7 Å². The van der Waals surface area contributed by atoms with Crippen molar-refractivity contribution in [1.82, 2.24) is 19.6 Å². The highest BCUT2D eigenvalue weighted by Gasteiger charge is 2.32. The van der Waals surface area contributed by atoms with Crippen molar-refractivity contribution in [3.63, 3.8) is 0 Å². The summed E-state index contributed by atoms with van der Waals surface area (Å²) in [6.45, 7) is 10.4. The van der Waals surface area contributed by atoms with Gasteiger partial charge >= 0.3 is 0 Å². The number of aryl methyl sites for hydroxylation is 1. The van der Waals surface area contributed by atoms with Crippen LogP contribution in [-0.4, -0.2) is 78.5 Å². The van der Waals surface area contributed by atoms with E-state index >= 15 is 0 Å². The number of likely N-dealkylation sites (N-methyl/N-ethyl adjacent to an activating group) is 1. The maximum atomic E-state index is 14.1. The first kappa shape index (κ1) is 23.7. The summed E-state index contributed by atoms with van der Waals surface area (Å²) in [5, 5.41) is 4.83. The van der Waals surface area contributed by atoms with Gasteiger partial charge < -0.3 is 19.4 Å². The molecule has 0 spiro atoms. The first-order chi connectivity index (χ1) is 16.0. The van der Waals surface area contributed by atoms with Crippen LogP contribution in [0.3, 0.4) is 0 Å². The molecule has 2 heterocycles. The number of rotatable bonds is 9. The number of amides is 1. The molecular formula is C25H36FN5O2. The van der Waals surface area contributed by atoms with Crippen LogP contribution in [-0.2, 0) is 16.1 Å². The number of carbonyl (C=O) groups is 1. The predicted octanol–water partition coefficient (Wildman–Crippen LogP) is 3.24. The van der Waals surface area contributed by atoms with Crippen molar-refractivity contribution in [3.8, 4) is 5.69 Å². The molecule has 2 aliphatic rings. The fraction of sp³-hybridized carbons (Fsp3) is 0.600. The van der Waals surface area contributed by atoms with Crippen molar-refractivity contribution >= 4 is 11.7 Å². The molecule has 33 heavy (non-hydrogen) atoms. The van der Waals surface area contributed by atoms with Gasteiger partial charge in [0.15, 0.2) is 0 Å². The zero-order valence-corrected chi connectivity index (χ0v) is 20.1. The van der Waals surface area contributed by atoms with E-state index in [1.54, 1.807) is 13.2 Å². The summed E-state index contributed by atoms with van der Waals surface area (Å²) in [6, 6.07) is 6.56. The van der Waals surface area contributed by atoms with E-state index in [4.69, 9.17) is 9.84 Å². The van der Waals surface area contributed by atoms with Gasteiger partial charge in [-0.15, -0.1) is 0 Å². The largest absolute Gasteiger partial charge is 0.383 e. The van der Waals surface area contributed by atoms with E-state index in [9.17, 15) is 9.18 Å². The molecule has 0 radical (unpaired) electrons. The first-order valence-corrected chi connectivity index (χ1v) is 12.1. The second-order valence-electron chi connectivity index (χ2n) is 9.08. The second kappa shape index (κ2) is 10.7. The topological polar surface area (TPSA) is 53.8 Å². The van der Waals surface area contributed by atoms with Gasteiger partial charge in [0.1, 0.15) is 11.6 Å². The second-order valence-corrected chi connectivity index (χ2v) is 9.08. The Morgan fingerprint density at radius 3 is 2.61 bits per heavy atom. The molecule has 7 nitrogen and oxygen atoms in total. The van der Waals surface area contributed by atoms with Gasteiger partial charge in [0.25, 0.3) is 0 Å². The van der Waals surface area contributed by atoms with E-state index < -0.39 is 0 Å². The van der Waals surface area contributed by atoms with Crippen LogP contribution in [0.15, 0.2) is 24.3 Å². The third-order valence-electron chi connectivity index (χ3n) is 7.01. The third-order valence-corrected chi connectivity index (χ3v) is 7.01. The number of ether oxygens (including phenoxy) is 1. The summed E-state index contributed by atoms with van der Waals surface area (Å²) >= 11 is 0. The van der Waals surface area contributed by atoms with Crippen molar-refractivity contribution in [3.05, 3.63) is 41.3 Å². The van der Waals surface area contributed by atoms with Crippen molar-refractivity contribution in [2.45, 2.75) is 39.7 Å². The van der Waals surface area contributed by atoms with Gasteiger partial charge in [-0.2, -0.15) is 5.10 Å². The molecule has 1 saturated carbocycles. The molecule has 2 fully saturated rings. The highest BCUT2D eigenvalue weighted by molar-refractivity contribution is 5.80. The zero-order chi connectivity index (χ0) is 23.4. The predicted molar refractivity (Wildman–Crippen MR) is 127 cm³/mol. The van der Waals surface area contributed by atoms with Crippen LogP contribution in [0.5, 0.6) is 0 Å². The van der Waals surface area contributed by atoms with Crippen LogP contribution >= 0.6 is 0 Å². The molecular weight excluding hydrogens is 421 g/mol.